The van der Waals surface area contributed by atoms with E-state index in [-0.39, 0.29) is 34.8 Å². The van der Waals surface area contributed by atoms with E-state index in [1.807, 2.05) is 6.92 Å². The van der Waals surface area contributed by atoms with Gasteiger partial charge in [0.2, 0.25) is 5.83 Å². The van der Waals surface area contributed by atoms with Gasteiger partial charge in [-0.1, -0.05) is 78.8 Å². The minimum absolute atomic E-state index is 0.0683. The van der Waals surface area contributed by atoms with Crippen LogP contribution in [-0.4, -0.2) is 6.61 Å². The Morgan fingerprint density at radius 3 is 1.81 bits per heavy atom. The minimum Gasteiger partial charge on any atom is -0.491 e. The summed E-state index contributed by atoms with van der Waals surface area (Å²) in [6.07, 6.45) is 6.08. The molecule has 170 valence electrons. The third-order valence-electron chi connectivity index (χ3n) is 4.69. The lowest BCUT2D eigenvalue weighted by Crippen LogP contribution is -2.00. The van der Waals surface area contributed by atoms with Gasteiger partial charge < -0.3 is 4.74 Å². The molecule has 0 aliphatic rings. The summed E-state index contributed by atoms with van der Waals surface area (Å²) >= 11 is 0. The van der Waals surface area contributed by atoms with Gasteiger partial charge in [0.15, 0.2) is 11.6 Å². The molecule has 4 heteroatoms. The molecule has 0 fully saturated rings. The maximum Gasteiger partial charge on any atom is 0.200 e. The minimum atomic E-state index is -1.25. The molecule has 0 amide bonds. The first-order valence-electron chi connectivity index (χ1n) is 10.2. The number of halogens is 3. The van der Waals surface area contributed by atoms with Crippen LogP contribution in [0.3, 0.4) is 0 Å². The Morgan fingerprint density at radius 1 is 0.806 bits per heavy atom. The fraction of sp³-hybridized carbons (Fsp3) is 0.333. The van der Waals surface area contributed by atoms with E-state index < -0.39 is 23.2 Å². The lowest BCUT2D eigenvalue weighted by molar-refractivity contribution is 0.224. The summed E-state index contributed by atoms with van der Waals surface area (Å²) in [5.41, 5.74) is 0.803. The largest absolute Gasteiger partial charge is 0.491 e. The van der Waals surface area contributed by atoms with Gasteiger partial charge in [0.25, 0.3) is 0 Å². The topological polar surface area (TPSA) is 9.23 Å². The second kappa shape index (κ2) is 13.5. The molecule has 1 nitrogen and oxygen atoms in total. The molecule has 0 aliphatic carbocycles. The monoisotopic (exact) mass is 432 g/mol. The highest BCUT2D eigenvalue weighted by atomic mass is 19.2. The molecule has 0 aromatic carbocycles. The third kappa shape index (κ3) is 9.73. The first-order chi connectivity index (χ1) is 14.3. The Bertz CT molecular complexity index is 835. The highest BCUT2D eigenvalue weighted by molar-refractivity contribution is 5.53. The maximum atomic E-state index is 14.6. The molecule has 1 unspecified atom stereocenters. The molecule has 0 saturated heterocycles. The fourth-order valence-electron chi connectivity index (χ4n) is 2.35. The van der Waals surface area contributed by atoms with Crippen molar-refractivity contribution in [2.45, 2.75) is 40.5 Å². The second-order valence-corrected chi connectivity index (χ2v) is 7.76. The Labute approximate surface area is 186 Å². The first-order valence-corrected chi connectivity index (χ1v) is 10.2. The number of ether oxygens (including phenoxy) is 1. The van der Waals surface area contributed by atoms with Crippen molar-refractivity contribution in [3.63, 3.8) is 0 Å². The van der Waals surface area contributed by atoms with Gasteiger partial charge in [-0.2, -0.15) is 4.39 Å². The van der Waals surface area contributed by atoms with E-state index >= 15 is 0 Å². The number of rotatable bonds is 14. The van der Waals surface area contributed by atoms with Crippen molar-refractivity contribution in [3.8, 4) is 0 Å². The highest BCUT2D eigenvalue weighted by Crippen LogP contribution is 2.28. The van der Waals surface area contributed by atoms with Gasteiger partial charge in [-0.3, -0.25) is 0 Å². The van der Waals surface area contributed by atoms with Gasteiger partial charge in [-0.15, -0.1) is 0 Å². The predicted molar refractivity (Wildman–Crippen MR) is 127 cm³/mol. The Kier molecular flexibility index (Phi) is 12.3. The molecule has 0 radical (unpaired) electrons. The molecule has 0 spiro atoms. The van der Waals surface area contributed by atoms with Gasteiger partial charge in [-0.05, 0) is 48.0 Å². The zero-order chi connectivity index (χ0) is 24.3. The number of hydrogen-bond donors (Lipinski definition) is 0. The molecule has 0 aliphatic heterocycles. The van der Waals surface area contributed by atoms with E-state index in [1.165, 1.54) is 18.2 Å². The first kappa shape index (κ1) is 28.2. The van der Waals surface area contributed by atoms with Gasteiger partial charge in [0.1, 0.15) is 5.83 Å². The molecule has 0 aromatic heterocycles. The molecular formula is C27H35F3O. The van der Waals surface area contributed by atoms with Crippen LogP contribution in [0.5, 0.6) is 0 Å². The zero-order valence-corrected chi connectivity index (χ0v) is 19.3. The van der Waals surface area contributed by atoms with Crippen LogP contribution < -0.4 is 0 Å². The third-order valence-corrected chi connectivity index (χ3v) is 4.69. The Morgan fingerprint density at radius 2 is 1.32 bits per heavy atom. The van der Waals surface area contributed by atoms with Gasteiger partial charge >= 0.3 is 0 Å². The van der Waals surface area contributed by atoms with Crippen LogP contribution in [0.15, 0.2) is 109 Å². The van der Waals surface area contributed by atoms with E-state index in [2.05, 4.69) is 53.3 Å². The lowest BCUT2D eigenvalue weighted by Gasteiger charge is -2.14. The van der Waals surface area contributed by atoms with Crippen LogP contribution >= 0.6 is 0 Å². The molecule has 31 heavy (non-hydrogen) atoms. The highest BCUT2D eigenvalue weighted by Gasteiger charge is 2.15. The molecule has 0 heterocycles. The summed E-state index contributed by atoms with van der Waals surface area (Å²) in [4.78, 5) is 0. The number of allylic oxidation sites excluding steroid dienone is 11. The normalized spacial score (nSPS) is 13.6. The standard InChI is InChI=1S/C27H35F3O/c1-11-31-24(10)27(30)26(29)23(9)20(6)15-14-19(5)22(8)25(28)16-21(7)18(4)13-12-17(2)3/h14-18H,5-13H2,1-4H3/b15-14-,25-16+,27-26-. The van der Waals surface area contributed by atoms with Crippen LogP contribution in [0, 0.1) is 11.8 Å². The maximum absolute atomic E-state index is 14.6. The van der Waals surface area contributed by atoms with Crippen molar-refractivity contribution in [1.82, 2.24) is 0 Å². The SMILES string of the molecule is C=C(/C=C\C(=C)C(=C)/C(F)=C\C(=C)C(C)CCC(C)C)C(=C)/C(F)=C(/F)C(=C)OCC. The van der Waals surface area contributed by atoms with Crippen molar-refractivity contribution < 1.29 is 17.9 Å². The summed E-state index contributed by atoms with van der Waals surface area (Å²) in [7, 11) is 0. The summed E-state index contributed by atoms with van der Waals surface area (Å²) in [5, 5.41) is 0. The van der Waals surface area contributed by atoms with Crippen LogP contribution in [-0.2, 0) is 4.74 Å². The summed E-state index contributed by atoms with van der Waals surface area (Å²) in [5.74, 6) is -2.74. The zero-order valence-electron chi connectivity index (χ0n) is 19.3. The summed E-state index contributed by atoms with van der Waals surface area (Å²) < 4.78 is 47.6. The molecular weight excluding hydrogens is 397 g/mol. The molecule has 0 bridgehead atoms. The van der Waals surface area contributed by atoms with E-state index in [9.17, 15) is 13.2 Å². The second-order valence-electron chi connectivity index (χ2n) is 7.76. The van der Waals surface area contributed by atoms with Gasteiger partial charge in [0, 0.05) is 11.1 Å². The Hall–Kier alpha value is -2.75. The van der Waals surface area contributed by atoms with Crippen molar-refractivity contribution in [2.75, 3.05) is 6.61 Å². The van der Waals surface area contributed by atoms with Crippen molar-refractivity contribution in [2.24, 2.45) is 11.8 Å². The van der Waals surface area contributed by atoms with Crippen LogP contribution in [0.25, 0.3) is 0 Å². The quantitative estimate of drug-likeness (QED) is 0.197. The molecule has 0 aromatic rings. The molecule has 0 rings (SSSR count). The summed E-state index contributed by atoms with van der Waals surface area (Å²) in [6.45, 7) is 29.9. The molecule has 1 atom stereocenters. The van der Waals surface area contributed by atoms with Crippen LogP contribution in [0.4, 0.5) is 13.2 Å². The van der Waals surface area contributed by atoms with Crippen LogP contribution in [0.2, 0.25) is 0 Å². The molecule has 0 saturated carbocycles. The predicted octanol–water partition coefficient (Wildman–Crippen LogP) is 8.95. The number of hydrogen-bond acceptors (Lipinski definition) is 1. The van der Waals surface area contributed by atoms with E-state index in [4.69, 9.17) is 4.74 Å². The van der Waals surface area contributed by atoms with Gasteiger partial charge in [-0.25, -0.2) is 8.78 Å². The van der Waals surface area contributed by atoms with E-state index in [1.54, 1.807) is 6.92 Å². The van der Waals surface area contributed by atoms with Crippen molar-refractivity contribution in [1.29, 1.82) is 0 Å². The lowest BCUT2D eigenvalue weighted by atomic mass is 9.92. The van der Waals surface area contributed by atoms with Crippen molar-refractivity contribution in [3.05, 3.63) is 109 Å². The molecule has 0 N–H and O–H groups in total. The van der Waals surface area contributed by atoms with Gasteiger partial charge in [0.05, 0.1) is 6.61 Å². The Balaban J connectivity index is 5.16. The van der Waals surface area contributed by atoms with E-state index in [0.717, 1.165) is 12.8 Å². The smallest absolute Gasteiger partial charge is 0.200 e. The average Bonchev–Trinajstić information content (AvgIpc) is 2.72. The van der Waals surface area contributed by atoms with Crippen LogP contribution in [0.1, 0.15) is 40.5 Å². The average molecular weight is 433 g/mol. The summed E-state index contributed by atoms with van der Waals surface area (Å²) in [6, 6.07) is 0. The van der Waals surface area contributed by atoms with Crippen molar-refractivity contribution >= 4 is 0 Å². The fourth-order valence-corrected chi connectivity index (χ4v) is 2.35. The van der Waals surface area contributed by atoms with E-state index in [0.29, 0.717) is 11.5 Å².